The summed E-state index contributed by atoms with van der Waals surface area (Å²) in [4.78, 5) is 21.2. The second-order valence-corrected chi connectivity index (χ2v) is 7.84. The Labute approximate surface area is 187 Å². The van der Waals surface area contributed by atoms with Gasteiger partial charge in [-0.25, -0.2) is 9.97 Å². The molecule has 1 aliphatic carbocycles. The molecule has 1 amide bonds. The molecule has 0 aliphatic heterocycles. The summed E-state index contributed by atoms with van der Waals surface area (Å²) in [7, 11) is 0. The highest BCUT2D eigenvalue weighted by atomic mass is 19.4. The lowest BCUT2D eigenvalue weighted by atomic mass is 9.97. The third-order valence-corrected chi connectivity index (χ3v) is 5.37. The monoisotopic (exact) mass is 452 g/mol. The quantitative estimate of drug-likeness (QED) is 0.595. The zero-order chi connectivity index (χ0) is 23.8. The summed E-state index contributed by atoms with van der Waals surface area (Å²) in [6.45, 7) is 5.56. The summed E-state index contributed by atoms with van der Waals surface area (Å²) < 4.78 is 41.8. The van der Waals surface area contributed by atoms with Crippen molar-refractivity contribution >= 4 is 11.5 Å². The predicted octanol–water partition coefficient (Wildman–Crippen LogP) is 4.47. The predicted molar refractivity (Wildman–Crippen MR) is 113 cm³/mol. The van der Waals surface area contributed by atoms with Crippen molar-refractivity contribution in [3.63, 3.8) is 0 Å². The average molecular weight is 452 g/mol. The summed E-state index contributed by atoms with van der Waals surface area (Å²) in [5.74, 6) is 0.183. The van der Waals surface area contributed by atoms with Crippen molar-refractivity contribution in [1.29, 1.82) is 5.26 Å². The molecule has 7 nitrogen and oxygen atoms in total. The topological polar surface area (TPSA) is 96.5 Å². The van der Waals surface area contributed by atoms with Crippen LogP contribution in [0.5, 0.6) is 0 Å². The molecule has 1 unspecified atom stereocenters. The number of carbonyl (C=O) groups is 1. The molecule has 2 aromatic heterocycles. The molecule has 168 valence electrons. The Morgan fingerprint density at radius 1 is 1.24 bits per heavy atom. The summed E-state index contributed by atoms with van der Waals surface area (Å²) >= 11 is 0. The van der Waals surface area contributed by atoms with Crippen molar-refractivity contribution in [3.05, 3.63) is 77.5 Å². The summed E-state index contributed by atoms with van der Waals surface area (Å²) in [5, 5.41) is 15.7. The molecule has 1 N–H and O–H groups in total. The second-order valence-electron chi connectivity index (χ2n) is 7.84. The van der Waals surface area contributed by atoms with Gasteiger partial charge in [0.1, 0.15) is 12.4 Å². The maximum absolute atomic E-state index is 13.5. The first kappa shape index (κ1) is 22.2. The van der Waals surface area contributed by atoms with E-state index in [-0.39, 0.29) is 11.5 Å². The molecule has 4 rings (SSSR count). The first-order chi connectivity index (χ1) is 15.7. The third-order valence-electron chi connectivity index (χ3n) is 5.37. The lowest BCUT2D eigenvalue weighted by Gasteiger charge is -2.17. The van der Waals surface area contributed by atoms with E-state index in [1.165, 1.54) is 23.3 Å². The number of alkyl halides is 3. The van der Waals surface area contributed by atoms with Gasteiger partial charge < -0.3 is 5.32 Å². The van der Waals surface area contributed by atoms with Crippen molar-refractivity contribution in [2.75, 3.05) is 0 Å². The molecular formula is C23H19F3N6O. The van der Waals surface area contributed by atoms with Crippen molar-refractivity contribution in [3.8, 4) is 11.9 Å². The number of carbonyl (C=O) groups excluding carboxylic acids is 1. The highest BCUT2D eigenvalue weighted by Gasteiger charge is 2.34. The van der Waals surface area contributed by atoms with Gasteiger partial charge in [0, 0.05) is 11.8 Å². The number of aromatic nitrogens is 4. The van der Waals surface area contributed by atoms with Gasteiger partial charge in [0.25, 0.3) is 5.91 Å². The molecule has 33 heavy (non-hydrogen) atoms. The molecule has 1 fully saturated rings. The molecule has 0 bridgehead atoms. The Morgan fingerprint density at radius 2 is 1.97 bits per heavy atom. The molecule has 1 aliphatic rings. The van der Waals surface area contributed by atoms with E-state index >= 15 is 0 Å². The minimum absolute atomic E-state index is 0.115. The van der Waals surface area contributed by atoms with Crippen LogP contribution >= 0.6 is 0 Å². The summed E-state index contributed by atoms with van der Waals surface area (Å²) in [5.41, 5.74) is 0.278. The molecule has 3 aromatic rings. The van der Waals surface area contributed by atoms with Crippen LogP contribution in [0, 0.1) is 17.2 Å². The molecule has 0 spiro atoms. The van der Waals surface area contributed by atoms with Crippen LogP contribution < -0.4 is 5.32 Å². The number of nitrogens with one attached hydrogen (secondary N) is 1. The number of allylic oxidation sites excluding steroid dienone is 1. The Kier molecular flexibility index (Phi) is 5.72. The van der Waals surface area contributed by atoms with Gasteiger partial charge in [0.2, 0.25) is 0 Å². The highest BCUT2D eigenvalue weighted by molar-refractivity contribution is 5.95. The van der Waals surface area contributed by atoms with E-state index in [9.17, 15) is 18.0 Å². The minimum atomic E-state index is -4.60. The number of rotatable bonds is 6. The average Bonchev–Trinajstić information content (AvgIpc) is 3.53. The molecule has 10 heteroatoms. The molecule has 0 saturated heterocycles. The molecular weight excluding hydrogens is 433 g/mol. The van der Waals surface area contributed by atoms with Gasteiger partial charge in [-0.15, -0.1) is 0 Å². The normalized spacial score (nSPS) is 14.4. The lowest BCUT2D eigenvalue weighted by molar-refractivity contribution is -0.137. The van der Waals surface area contributed by atoms with Crippen LogP contribution in [0.25, 0.3) is 11.4 Å². The van der Waals surface area contributed by atoms with Crippen LogP contribution in [0.15, 0.2) is 49.4 Å². The second kappa shape index (κ2) is 8.50. The van der Waals surface area contributed by atoms with Crippen LogP contribution in [-0.4, -0.2) is 25.7 Å². The maximum Gasteiger partial charge on any atom is 0.416 e. The molecule has 1 aromatic carbocycles. The SMILES string of the molecule is C=C(c1cc(C(=O)NC(C)c2ncnn2-c2ccc(C#N)cn2)cc(C(F)(F)F)c1)C1CC1. The van der Waals surface area contributed by atoms with Gasteiger partial charge in [-0.1, -0.05) is 6.58 Å². The molecule has 1 saturated carbocycles. The van der Waals surface area contributed by atoms with E-state index in [0.717, 1.165) is 25.0 Å². The molecule has 1 atom stereocenters. The number of hydrogen-bond donors (Lipinski definition) is 1. The van der Waals surface area contributed by atoms with E-state index in [0.29, 0.717) is 28.3 Å². The lowest BCUT2D eigenvalue weighted by Crippen LogP contribution is -2.29. The van der Waals surface area contributed by atoms with Crippen LogP contribution in [0.3, 0.4) is 0 Å². The number of hydrogen-bond acceptors (Lipinski definition) is 5. The molecule has 2 heterocycles. The van der Waals surface area contributed by atoms with Gasteiger partial charge in [-0.2, -0.15) is 28.2 Å². The number of nitrogens with zero attached hydrogens (tertiary/aromatic N) is 5. The Morgan fingerprint density at radius 3 is 2.58 bits per heavy atom. The minimum Gasteiger partial charge on any atom is -0.342 e. The van der Waals surface area contributed by atoms with Gasteiger partial charge in [-0.3, -0.25) is 4.79 Å². The summed E-state index contributed by atoms with van der Waals surface area (Å²) in [6, 6.07) is 7.72. The van der Waals surface area contributed by atoms with Crippen molar-refractivity contribution in [2.45, 2.75) is 32.0 Å². The van der Waals surface area contributed by atoms with E-state index in [2.05, 4.69) is 27.0 Å². The van der Waals surface area contributed by atoms with Crippen LogP contribution in [0.2, 0.25) is 0 Å². The largest absolute Gasteiger partial charge is 0.416 e. The van der Waals surface area contributed by atoms with Crippen molar-refractivity contribution < 1.29 is 18.0 Å². The van der Waals surface area contributed by atoms with Gasteiger partial charge in [0.15, 0.2) is 11.6 Å². The van der Waals surface area contributed by atoms with Crippen LogP contribution in [0.1, 0.15) is 58.7 Å². The van der Waals surface area contributed by atoms with E-state index in [4.69, 9.17) is 5.26 Å². The van der Waals surface area contributed by atoms with Gasteiger partial charge >= 0.3 is 6.18 Å². The standard InChI is InChI=1S/C23H19F3N6O/c1-13(16-4-5-16)17-7-18(9-19(8-17)23(24,25)26)22(33)31-14(2)21-29-12-30-32(21)20-6-3-15(10-27)11-28-20/h3,6-9,11-12,14,16H,1,4-5H2,2H3,(H,31,33). The van der Waals surface area contributed by atoms with Gasteiger partial charge in [-0.05, 0) is 67.2 Å². The van der Waals surface area contributed by atoms with Crippen molar-refractivity contribution in [2.24, 2.45) is 5.92 Å². The molecule has 0 radical (unpaired) electrons. The number of benzene rings is 1. The fourth-order valence-corrected chi connectivity index (χ4v) is 3.42. The Bertz CT molecular complexity index is 1250. The number of nitriles is 1. The number of halogens is 3. The first-order valence-corrected chi connectivity index (χ1v) is 10.2. The highest BCUT2D eigenvalue weighted by Crippen LogP contribution is 2.42. The van der Waals surface area contributed by atoms with Crippen molar-refractivity contribution in [1.82, 2.24) is 25.1 Å². The summed E-state index contributed by atoms with van der Waals surface area (Å²) in [6.07, 6.45) is -0.178. The maximum atomic E-state index is 13.5. The number of amides is 1. The zero-order valence-corrected chi connectivity index (χ0v) is 17.6. The Hall–Kier alpha value is -4.00. The smallest absolute Gasteiger partial charge is 0.342 e. The fourth-order valence-electron chi connectivity index (χ4n) is 3.42. The fraction of sp³-hybridized carbons (Fsp3) is 0.261. The van der Waals surface area contributed by atoms with Crippen LogP contribution in [0.4, 0.5) is 13.2 Å². The van der Waals surface area contributed by atoms with Crippen LogP contribution in [-0.2, 0) is 6.18 Å². The first-order valence-electron chi connectivity index (χ1n) is 10.2. The third kappa shape index (κ3) is 4.77. The van der Waals surface area contributed by atoms with Gasteiger partial charge in [0.05, 0.1) is 17.2 Å². The van der Waals surface area contributed by atoms with E-state index in [1.54, 1.807) is 19.1 Å². The van der Waals surface area contributed by atoms with E-state index < -0.39 is 23.7 Å². The zero-order valence-electron chi connectivity index (χ0n) is 17.6. The van der Waals surface area contributed by atoms with E-state index in [1.807, 2.05) is 6.07 Å². The number of pyridine rings is 1. The Balaban J connectivity index is 1.60.